The van der Waals surface area contributed by atoms with Crippen molar-refractivity contribution in [3.05, 3.63) is 82.0 Å². The van der Waals surface area contributed by atoms with Crippen LogP contribution in [-0.4, -0.2) is 29.8 Å². The SMILES string of the molecule is Cn1cc2n(c1=O)[C@@H](Cc1cccc(-c3cc(F)cc(F)c3)c1)[C@@H](NS(C)(=O)=O)CC2. The van der Waals surface area contributed by atoms with Gasteiger partial charge in [0.15, 0.2) is 0 Å². The maximum atomic E-state index is 13.7. The van der Waals surface area contributed by atoms with Gasteiger partial charge in [-0.2, -0.15) is 0 Å². The highest BCUT2D eigenvalue weighted by Crippen LogP contribution is 2.29. The van der Waals surface area contributed by atoms with Gasteiger partial charge in [0.05, 0.1) is 12.3 Å². The summed E-state index contributed by atoms with van der Waals surface area (Å²) in [6, 6.07) is 9.68. The van der Waals surface area contributed by atoms with Crippen molar-refractivity contribution in [1.29, 1.82) is 0 Å². The molecule has 0 spiro atoms. The van der Waals surface area contributed by atoms with E-state index in [9.17, 15) is 22.0 Å². The first-order chi connectivity index (χ1) is 14.6. The van der Waals surface area contributed by atoms with Gasteiger partial charge in [-0.1, -0.05) is 24.3 Å². The molecule has 0 saturated carbocycles. The number of hydrogen-bond acceptors (Lipinski definition) is 3. The highest BCUT2D eigenvalue weighted by molar-refractivity contribution is 7.88. The second-order valence-electron chi connectivity index (χ2n) is 8.05. The number of halogens is 2. The molecule has 1 aliphatic heterocycles. The van der Waals surface area contributed by atoms with Gasteiger partial charge in [-0.25, -0.2) is 26.7 Å². The van der Waals surface area contributed by atoms with E-state index in [1.807, 2.05) is 12.1 Å². The molecule has 6 nitrogen and oxygen atoms in total. The maximum Gasteiger partial charge on any atom is 0.328 e. The third-order valence-electron chi connectivity index (χ3n) is 5.60. The summed E-state index contributed by atoms with van der Waals surface area (Å²) < 4.78 is 57.0. The lowest BCUT2D eigenvalue weighted by molar-refractivity contribution is 0.317. The Labute approximate surface area is 179 Å². The lowest BCUT2D eigenvalue weighted by Crippen LogP contribution is -2.47. The summed E-state index contributed by atoms with van der Waals surface area (Å²) in [5.74, 6) is -1.32. The molecule has 0 fully saturated rings. The van der Waals surface area contributed by atoms with E-state index in [0.29, 0.717) is 30.4 Å². The highest BCUT2D eigenvalue weighted by Gasteiger charge is 2.33. The fraction of sp³-hybridized carbons (Fsp3) is 0.318. The van der Waals surface area contributed by atoms with Gasteiger partial charge in [0.25, 0.3) is 0 Å². The van der Waals surface area contributed by atoms with E-state index in [-0.39, 0.29) is 5.69 Å². The number of hydrogen-bond donors (Lipinski definition) is 1. The van der Waals surface area contributed by atoms with Crippen LogP contribution in [0.5, 0.6) is 0 Å². The molecule has 0 unspecified atom stereocenters. The van der Waals surface area contributed by atoms with Crippen LogP contribution in [0.2, 0.25) is 0 Å². The standard InChI is InChI=1S/C22H23F2N3O3S/c1-26-13-19-6-7-20(25-31(2,29)30)21(27(19)22(26)28)9-14-4-3-5-15(8-14)16-10-17(23)12-18(24)11-16/h3-5,8,10-13,20-21,25H,6-7,9H2,1-2H3/t20-,21-/m0/s1. The third-order valence-corrected chi connectivity index (χ3v) is 6.33. The predicted octanol–water partition coefficient (Wildman–Crippen LogP) is 2.78. The van der Waals surface area contributed by atoms with Crippen LogP contribution in [0.3, 0.4) is 0 Å². The first kappa shape index (κ1) is 21.5. The average molecular weight is 448 g/mol. The van der Waals surface area contributed by atoms with Gasteiger partial charge in [-0.05, 0) is 48.1 Å². The summed E-state index contributed by atoms with van der Waals surface area (Å²) in [6.07, 6.45) is 4.42. The summed E-state index contributed by atoms with van der Waals surface area (Å²) in [5.41, 5.74) is 2.53. The fourth-order valence-corrected chi connectivity index (χ4v) is 5.16. The van der Waals surface area contributed by atoms with Crippen LogP contribution in [-0.2, 0) is 29.9 Å². The Morgan fingerprint density at radius 2 is 1.81 bits per heavy atom. The van der Waals surface area contributed by atoms with Gasteiger partial charge in [0, 0.05) is 31.0 Å². The van der Waals surface area contributed by atoms with Gasteiger partial charge in [0.2, 0.25) is 10.0 Å². The van der Waals surface area contributed by atoms with Crippen molar-refractivity contribution < 1.29 is 17.2 Å². The Hall–Kier alpha value is -2.78. The molecule has 4 rings (SSSR count). The summed E-state index contributed by atoms with van der Waals surface area (Å²) in [5, 5.41) is 0. The molecule has 1 N–H and O–H groups in total. The molecule has 1 aromatic heterocycles. The summed E-state index contributed by atoms with van der Waals surface area (Å²) in [6.45, 7) is 0. The van der Waals surface area contributed by atoms with Crippen LogP contribution < -0.4 is 10.4 Å². The van der Waals surface area contributed by atoms with Crippen LogP contribution in [0.15, 0.2) is 53.5 Å². The molecule has 0 bridgehead atoms. The third kappa shape index (κ3) is 4.62. The Morgan fingerprint density at radius 3 is 2.48 bits per heavy atom. The number of nitrogens with zero attached hydrogens (tertiary/aromatic N) is 2. The zero-order chi connectivity index (χ0) is 22.3. The average Bonchev–Trinajstić information content (AvgIpc) is 2.96. The number of sulfonamides is 1. The maximum absolute atomic E-state index is 13.7. The lowest BCUT2D eigenvalue weighted by Gasteiger charge is -2.33. The minimum absolute atomic E-state index is 0.205. The molecule has 0 radical (unpaired) electrons. The first-order valence-corrected chi connectivity index (χ1v) is 11.8. The summed E-state index contributed by atoms with van der Waals surface area (Å²) in [4.78, 5) is 12.8. The van der Waals surface area contributed by atoms with Crippen LogP contribution >= 0.6 is 0 Å². The second kappa shape index (κ2) is 8.05. The van der Waals surface area contributed by atoms with Gasteiger partial charge < -0.3 is 4.57 Å². The van der Waals surface area contributed by atoms with Crippen molar-refractivity contribution in [3.63, 3.8) is 0 Å². The van der Waals surface area contributed by atoms with Gasteiger partial charge in [-0.3, -0.25) is 4.57 Å². The van der Waals surface area contributed by atoms with Crippen molar-refractivity contribution in [2.45, 2.75) is 31.3 Å². The zero-order valence-electron chi connectivity index (χ0n) is 17.2. The lowest BCUT2D eigenvalue weighted by atomic mass is 9.91. The minimum atomic E-state index is -3.47. The van der Waals surface area contributed by atoms with Crippen LogP contribution in [0.4, 0.5) is 8.78 Å². The van der Waals surface area contributed by atoms with Crippen LogP contribution in [0.1, 0.15) is 23.7 Å². The molecule has 9 heteroatoms. The van der Waals surface area contributed by atoms with E-state index < -0.39 is 33.7 Å². The zero-order valence-corrected chi connectivity index (χ0v) is 18.0. The molecular formula is C22H23F2N3O3S. The topological polar surface area (TPSA) is 73.1 Å². The molecule has 31 heavy (non-hydrogen) atoms. The number of nitrogens with one attached hydrogen (secondary N) is 1. The van der Waals surface area contributed by atoms with Crippen molar-refractivity contribution in [2.24, 2.45) is 7.05 Å². The molecule has 0 amide bonds. The molecule has 164 valence electrons. The van der Waals surface area contributed by atoms with Gasteiger partial charge in [0.1, 0.15) is 11.6 Å². The largest absolute Gasteiger partial charge is 0.328 e. The molecule has 2 atom stereocenters. The van der Waals surface area contributed by atoms with Crippen molar-refractivity contribution in [2.75, 3.05) is 6.26 Å². The van der Waals surface area contributed by atoms with Crippen molar-refractivity contribution in [3.8, 4) is 11.1 Å². The van der Waals surface area contributed by atoms with E-state index in [0.717, 1.165) is 23.6 Å². The molecule has 2 aromatic carbocycles. The number of fused-ring (bicyclic) bond motifs is 1. The van der Waals surface area contributed by atoms with E-state index in [2.05, 4.69) is 4.72 Å². The van der Waals surface area contributed by atoms with Gasteiger partial charge >= 0.3 is 5.69 Å². The Morgan fingerprint density at radius 1 is 1.10 bits per heavy atom. The molecule has 0 saturated heterocycles. The second-order valence-corrected chi connectivity index (χ2v) is 9.83. The van der Waals surface area contributed by atoms with Crippen LogP contribution in [0, 0.1) is 11.6 Å². The predicted molar refractivity (Wildman–Crippen MR) is 114 cm³/mol. The molecule has 1 aliphatic rings. The molecule has 3 aromatic rings. The normalized spacial score (nSPS) is 18.7. The number of imidazole rings is 1. The molecule has 2 heterocycles. The van der Waals surface area contributed by atoms with Crippen LogP contribution in [0.25, 0.3) is 11.1 Å². The number of benzene rings is 2. The smallest absolute Gasteiger partial charge is 0.302 e. The number of aryl methyl sites for hydroxylation is 2. The summed E-state index contributed by atoms with van der Waals surface area (Å²) in [7, 11) is -1.80. The quantitative estimate of drug-likeness (QED) is 0.654. The van der Waals surface area contributed by atoms with Crippen molar-refractivity contribution in [1.82, 2.24) is 13.9 Å². The number of rotatable bonds is 5. The molecule has 0 aliphatic carbocycles. The molecular weight excluding hydrogens is 424 g/mol. The minimum Gasteiger partial charge on any atom is -0.302 e. The Bertz CT molecular complexity index is 1280. The Kier molecular flexibility index (Phi) is 5.57. The Balaban J connectivity index is 1.73. The van der Waals surface area contributed by atoms with E-state index in [4.69, 9.17) is 0 Å². The fourth-order valence-electron chi connectivity index (χ4n) is 4.34. The van der Waals surface area contributed by atoms with E-state index in [1.54, 1.807) is 29.9 Å². The van der Waals surface area contributed by atoms with Crippen molar-refractivity contribution >= 4 is 10.0 Å². The van der Waals surface area contributed by atoms with Gasteiger partial charge in [-0.15, -0.1) is 0 Å². The summed E-state index contributed by atoms with van der Waals surface area (Å²) >= 11 is 0. The first-order valence-electron chi connectivity index (χ1n) is 9.90. The number of aromatic nitrogens is 2. The highest BCUT2D eigenvalue weighted by atomic mass is 32.2. The van der Waals surface area contributed by atoms with E-state index in [1.165, 1.54) is 16.7 Å². The monoisotopic (exact) mass is 447 g/mol. The van der Waals surface area contributed by atoms with E-state index >= 15 is 0 Å².